The number of nitrogens with two attached hydrogens (primary N) is 1. The van der Waals surface area contributed by atoms with E-state index in [0.717, 1.165) is 5.56 Å². The Hall–Kier alpha value is -0.860. The van der Waals surface area contributed by atoms with Crippen LogP contribution in [0.25, 0.3) is 0 Å². The average Bonchev–Trinajstić information content (AvgIpc) is 2.14. The number of hydrogen-bond donors (Lipinski definition) is 1. The van der Waals surface area contributed by atoms with Crippen molar-refractivity contribution < 1.29 is 4.74 Å². The van der Waals surface area contributed by atoms with Gasteiger partial charge in [0.1, 0.15) is 0 Å². The summed E-state index contributed by atoms with van der Waals surface area (Å²) in [5.41, 5.74) is 6.68. The molecule has 1 rings (SSSR count). The van der Waals surface area contributed by atoms with Crippen LogP contribution in [-0.4, -0.2) is 12.1 Å². The Bertz CT molecular complexity index is 263. The van der Waals surface area contributed by atoms with Gasteiger partial charge < -0.3 is 10.5 Å². The fourth-order valence-electron chi connectivity index (χ4n) is 1.35. The molecule has 2 nitrogen and oxygen atoms in total. The minimum absolute atomic E-state index is 0.00352. The van der Waals surface area contributed by atoms with Crippen molar-refractivity contribution in [1.29, 1.82) is 0 Å². The Morgan fingerprint density at radius 1 is 1.21 bits per heavy atom. The lowest BCUT2D eigenvalue weighted by molar-refractivity contribution is -0.0572. The molecule has 0 aromatic heterocycles. The van der Waals surface area contributed by atoms with Gasteiger partial charge in [0.25, 0.3) is 0 Å². The largest absolute Gasteiger partial charge is 0.367 e. The minimum Gasteiger partial charge on any atom is -0.367 e. The third-order valence-corrected chi connectivity index (χ3v) is 1.88. The lowest BCUT2D eigenvalue weighted by Gasteiger charge is -2.27. The van der Waals surface area contributed by atoms with Gasteiger partial charge in [0.15, 0.2) is 0 Å². The standard InChI is InChI=1S/C12H19NO/c1-12(2,3)14-11(9-13)10-7-5-4-6-8-10/h4-8,11H,9,13H2,1-3H3. The average molecular weight is 193 g/mol. The van der Waals surface area contributed by atoms with Crippen molar-refractivity contribution in [2.45, 2.75) is 32.5 Å². The van der Waals surface area contributed by atoms with Gasteiger partial charge in [0.2, 0.25) is 0 Å². The van der Waals surface area contributed by atoms with E-state index in [9.17, 15) is 0 Å². The van der Waals surface area contributed by atoms with E-state index in [1.807, 2.05) is 51.1 Å². The summed E-state index contributed by atoms with van der Waals surface area (Å²) in [6.45, 7) is 6.64. The van der Waals surface area contributed by atoms with E-state index < -0.39 is 0 Å². The number of hydrogen-bond acceptors (Lipinski definition) is 2. The van der Waals surface area contributed by atoms with Crippen LogP contribution in [0.2, 0.25) is 0 Å². The third-order valence-electron chi connectivity index (χ3n) is 1.88. The van der Waals surface area contributed by atoms with Gasteiger partial charge in [0.05, 0.1) is 11.7 Å². The molecule has 1 atom stereocenters. The summed E-state index contributed by atoms with van der Waals surface area (Å²) >= 11 is 0. The van der Waals surface area contributed by atoms with E-state index in [2.05, 4.69) is 0 Å². The van der Waals surface area contributed by atoms with Crippen LogP contribution in [0.3, 0.4) is 0 Å². The Morgan fingerprint density at radius 3 is 2.21 bits per heavy atom. The number of ether oxygens (including phenoxy) is 1. The topological polar surface area (TPSA) is 35.2 Å². The summed E-state index contributed by atoms with van der Waals surface area (Å²) < 4.78 is 5.85. The second kappa shape index (κ2) is 4.58. The van der Waals surface area contributed by atoms with Gasteiger partial charge in [-0.25, -0.2) is 0 Å². The second-order valence-corrected chi connectivity index (χ2v) is 4.37. The fourth-order valence-corrected chi connectivity index (χ4v) is 1.35. The number of benzene rings is 1. The summed E-state index contributed by atoms with van der Waals surface area (Å²) in [7, 11) is 0. The third kappa shape index (κ3) is 3.48. The molecule has 2 N–H and O–H groups in total. The molecule has 0 heterocycles. The Morgan fingerprint density at radius 2 is 1.79 bits per heavy atom. The first kappa shape index (κ1) is 11.2. The highest BCUT2D eigenvalue weighted by molar-refractivity contribution is 5.17. The minimum atomic E-state index is -0.153. The van der Waals surface area contributed by atoms with Crippen LogP contribution in [0.4, 0.5) is 0 Å². The van der Waals surface area contributed by atoms with E-state index in [1.165, 1.54) is 0 Å². The molecule has 0 bridgehead atoms. The predicted molar refractivity (Wildman–Crippen MR) is 59.1 cm³/mol. The van der Waals surface area contributed by atoms with Gasteiger partial charge in [-0.05, 0) is 26.3 Å². The molecule has 0 fully saturated rings. The molecule has 78 valence electrons. The Balaban J connectivity index is 2.73. The highest BCUT2D eigenvalue weighted by Crippen LogP contribution is 2.22. The van der Waals surface area contributed by atoms with E-state index >= 15 is 0 Å². The molecule has 0 radical (unpaired) electrons. The zero-order chi connectivity index (χ0) is 10.6. The summed E-state index contributed by atoms with van der Waals surface area (Å²) in [4.78, 5) is 0. The zero-order valence-electron chi connectivity index (χ0n) is 9.16. The maximum Gasteiger partial charge on any atom is 0.0954 e. The maximum absolute atomic E-state index is 5.85. The first-order valence-electron chi connectivity index (χ1n) is 4.96. The molecule has 1 aromatic rings. The highest BCUT2D eigenvalue weighted by atomic mass is 16.5. The monoisotopic (exact) mass is 193 g/mol. The lowest BCUT2D eigenvalue weighted by atomic mass is 10.1. The maximum atomic E-state index is 5.85. The van der Waals surface area contributed by atoms with Gasteiger partial charge in [0, 0.05) is 6.54 Å². The summed E-state index contributed by atoms with van der Waals surface area (Å²) in [6.07, 6.45) is -0.00352. The molecule has 1 aromatic carbocycles. The molecule has 2 heteroatoms. The molecule has 0 amide bonds. The summed E-state index contributed by atoms with van der Waals surface area (Å²) in [6, 6.07) is 10.1. The van der Waals surface area contributed by atoms with Crippen LogP contribution in [0.5, 0.6) is 0 Å². The van der Waals surface area contributed by atoms with Crippen LogP contribution in [0, 0.1) is 0 Å². The van der Waals surface area contributed by atoms with Crippen LogP contribution < -0.4 is 5.73 Å². The van der Waals surface area contributed by atoms with Crippen molar-refractivity contribution in [3.63, 3.8) is 0 Å². The second-order valence-electron chi connectivity index (χ2n) is 4.37. The van der Waals surface area contributed by atoms with Gasteiger partial charge in [-0.2, -0.15) is 0 Å². The van der Waals surface area contributed by atoms with Crippen molar-refractivity contribution in [3.05, 3.63) is 35.9 Å². The van der Waals surface area contributed by atoms with Gasteiger partial charge >= 0.3 is 0 Å². The predicted octanol–water partition coefficient (Wildman–Crippen LogP) is 2.50. The lowest BCUT2D eigenvalue weighted by Crippen LogP contribution is -2.27. The Labute approximate surface area is 86.1 Å². The molecule has 0 saturated heterocycles. The SMILES string of the molecule is CC(C)(C)OC(CN)c1ccccc1. The van der Waals surface area contributed by atoms with E-state index in [-0.39, 0.29) is 11.7 Å². The molecule has 1 unspecified atom stereocenters. The zero-order valence-corrected chi connectivity index (χ0v) is 9.16. The quantitative estimate of drug-likeness (QED) is 0.800. The van der Waals surface area contributed by atoms with Crippen LogP contribution in [0.15, 0.2) is 30.3 Å². The van der Waals surface area contributed by atoms with Crippen molar-refractivity contribution in [3.8, 4) is 0 Å². The van der Waals surface area contributed by atoms with E-state index in [4.69, 9.17) is 10.5 Å². The Kier molecular flexibility index (Phi) is 3.67. The van der Waals surface area contributed by atoms with E-state index in [0.29, 0.717) is 6.54 Å². The molecule has 0 aliphatic carbocycles. The van der Waals surface area contributed by atoms with E-state index in [1.54, 1.807) is 0 Å². The van der Waals surface area contributed by atoms with Gasteiger partial charge in [-0.3, -0.25) is 0 Å². The molecule has 14 heavy (non-hydrogen) atoms. The van der Waals surface area contributed by atoms with Crippen molar-refractivity contribution in [2.24, 2.45) is 5.73 Å². The molecule has 0 aliphatic heterocycles. The molecule has 0 saturated carbocycles. The highest BCUT2D eigenvalue weighted by Gasteiger charge is 2.18. The van der Waals surface area contributed by atoms with Crippen molar-refractivity contribution >= 4 is 0 Å². The van der Waals surface area contributed by atoms with Gasteiger partial charge in [-0.15, -0.1) is 0 Å². The van der Waals surface area contributed by atoms with Crippen LogP contribution >= 0.6 is 0 Å². The molecular weight excluding hydrogens is 174 g/mol. The summed E-state index contributed by atoms with van der Waals surface area (Å²) in [5.74, 6) is 0. The van der Waals surface area contributed by atoms with Crippen molar-refractivity contribution in [1.82, 2.24) is 0 Å². The fraction of sp³-hybridized carbons (Fsp3) is 0.500. The normalized spacial score (nSPS) is 14.0. The molecular formula is C12H19NO. The summed E-state index contributed by atoms with van der Waals surface area (Å²) in [5, 5.41) is 0. The first-order chi connectivity index (χ1) is 6.53. The van der Waals surface area contributed by atoms with Gasteiger partial charge in [-0.1, -0.05) is 30.3 Å². The molecule has 0 spiro atoms. The van der Waals surface area contributed by atoms with Crippen LogP contribution in [0.1, 0.15) is 32.4 Å². The molecule has 0 aliphatic rings. The van der Waals surface area contributed by atoms with Crippen LogP contribution in [-0.2, 0) is 4.74 Å². The number of rotatable bonds is 3. The smallest absolute Gasteiger partial charge is 0.0954 e. The first-order valence-corrected chi connectivity index (χ1v) is 4.96. The van der Waals surface area contributed by atoms with Crippen molar-refractivity contribution in [2.75, 3.05) is 6.54 Å².